The van der Waals surface area contributed by atoms with Crippen LogP contribution in [0, 0.1) is 0 Å². The van der Waals surface area contributed by atoms with Crippen molar-refractivity contribution in [2.24, 2.45) is 0 Å². The Hall–Kier alpha value is -1.14. The van der Waals surface area contributed by atoms with Gasteiger partial charge in [-0.25, -0.2) is 0 Å². The van der Waals surface area contributed by atoms with Crippen LogP contribution in [0.25, 0.3) is 0 Å². The van der Waals surface area contributed by atoms with Gasteiger partial charge in [-0.3, -0.25) is 5.32 Å². The lowest BCUT2D eigenvalue weighted by atomic mass is 10.1. The molecule has 1 heterocycles. The summed E-state index contributed by atoms with van der Waals surface area (Å²) in [6.07, 6.45) is -2.06. The molecule has 1 aliphatic heterocycles. The molecular weight excluding hydrogens is 283 g/mol. The van der Waals surface area contributed by atoms with E-state index in [4.69, 9.17) is 16.3 Å². The van der Waals surface area contributed by atoms with E-state index in [1.807, 2.05) is 0 Å². The average Bonchev–Trinajstić information content (AvgIpc) is 2.26. The van der Waals surface area contributed by atoms with Gasteiger partial charge >= 0.3 is 6.36 Å². The van der Waals surface area contributed by atoms with Gasteiger partial charge in [-0.2, -0.15) is 0 Å². The van der Waals surface area contributed by atoms with Gasteiger partial charge in [0.05, 0.1) is 0 Å². The first kappa shape index (κ1) is 14.3. The van der Waals surface area contributed by atoms with Gasteiger partial charge < -0.3 is 9.47 Å². The number of halogens is 4. The van der Waals surface area contributed by atoms with Crippen LogP contribution >= 0.6 is 11.6 Å². The van der Waals surface area contributed by atoms with Gasteiger partial charge in [0.1, 0.15) is 17.7 Å². The second kappa shape index (κ2) is 5.88. The van der Waals surface area contributed by atoms with Crippen molar-refractivity contribution in [1.82, 2.24) is 5.32 Å². The van der Waals surface area contributed by atoms with Crippen LogP contribution in [-0.4, -0.2) is 19.1 Å². The molecule has 0 saturated carbocycles. The zero-order chi connectivity index (χ0) is 13.9. The highest BCUT2D eigenvalue weighted by Crippen LogP contribution is 2.31. The Morgan fingerprint density at radius 1 is 1.16 bits per heavy atom. The largest absolute Gasteiger partial charge is 0.573 e. The number of hydrogen-bond acceptors (Lipinski definition) is 3. The smallest absolute Gasteiger partial charge is 0.475 e. The lowest BCUT2D eigenvalue weighted by Crippen LogP contribution is -2.38. The van der Waals surface area contributed by atoms with Gasteiger partial charge in [-0.1, -0.05) is 11.6 Å². The summed E-state index contributed by atoms with van der Waals surface area (Å²) in [7, 11) is 0. The lowest BCUT2D eigenvalue weighted by Gasteiger charge is -2.24. The SMILES string of the molecule is FC(F)(F)Oc1cc(Cl)cc(OC2CCCCN2)c1. The Bertz CT molecular complexity index is 433. The molecule has 106 valence electrons. The third-order valence-corrected chi connectivity index (χ3v) is 2.84. The standard InChI is InChI=1S/C12H13ClF3NO2/c13-8-5-9(18-11-3-1-2-4-17-11)7-10(6-8)19-12(14,15)16/h5-7,11,17H,1-4H2. The molecule has 19 heavy (non-hydrogen) atoms. The van der Waals surface area contributed by atoms with Gasteiger partial charge in [0.2, 0.25) is 0 Å². The maximum Gasteiger partial charge on any atom is 0.573 e. The van der Waals surface area contributed by atoms with Crippen molar-refractivity contribution in [1.29, 1.82) is 0 Å². The quantitative estimate of drug-likeness (QED) is 0.922. The minimum absolute atomic E-state index is 0.132. The van der Waals surface area contributed by atoms with Crippen molar-refractivity contribution in [3.05, 3.63) is 23.2 Å². The summed E-state index contributed by atoms with van der Waals surface area (Å²) in [5.74, 6) is -0.128. The normalized spacial score (nSPS) is 20.1. The second-order valence-electron chi connectivity index (χ2n) is 4.23. The summed E-state index contributed by atoms with van der Waals surface area (Å²) < 4.78 is 45.8. The number of alkyl halides is 3. The Kier molecular flexibility index (Phi) is 4.42. The molecule has 1 atom stereocenters. The summed E-state index contributed by atoms with van der Waals surface area (Å²) in [5, 5.41) is 3.26. The molecule has 1 aliphatic rings. The average molecular weight is 296 g/mol. The first-order chi connectivity index (χ1) is 8.92. The van der Waals surface area contributed by atoms with E-state index in [1.165, 1.54) is 12.1 Å². The lowest BCUT2D eigenvalue weighted by molar-refractivity contribution is -0.274. The van der Waals surface area contributed by atoms with Crippen LogP contribution in [0.5, 0.6) is 11.5 Å². The predicted molar refractivity (Wildman–Crippen MR) is 64.4 cm³/mol. The molecule has 0 bridgehead atoms. The molecule has 7 heteroatoms. The van der Waals surface area contributed by atoms with E-state index in [-0.39, 0.29) is 22.7 Å². The second-order valence-corrected chi connectivity index (χ2v) is 4.66. The van der Waals surface area contributed by atoms with Crippen molar-refractivity contribution >= 4 is 11.6 Å². The molecule has 1 saturated heterocycles. The van der Waals surface area contributed by atoms with Crippen LogP contribution in [-0.2, 0) is 0 Å². The van der Waals surface area contributed by atoms with Gasteiger partial charge in [0, 0.05) is 11.1 Å². The van der Waals surface area contributed by atoms with Crippen LogP contribution in [0.4, 0.5) is 13.2 Å². The Balaban J connectivity index is 2.07. The molecule has 1 aromatic carbocycles. The van der Waals surface area contributed by atoms with Crippen LogP contribution in [0.3, 0.4) is 0 Å². The number of hydrogen-bond donors (Lipinski definition) is 1. The molecule has 1 aromatic rings. The summed E-state index contributed by atoms with van der Waals surface area (Å²) >= 11 is 5.75. The predicted octanol–water partition coefficient (Wildman–Crippen LogP) is 3.72. The van der Waals surface area contributed by atoms with Gasteiger partial charge in [-0.05, 0) is 37.9 Å². The Morgan fingerprint density at radius 2 is 1.89 bits per heavy atom. The van der Waals surface area contributed by atoms with E-state index in [1.54, 1.807) is 0 Å². The third kappa shape index (κ3) is 4.80. The Labute approximate surface area is 113 Å². The van der Waals surface area contributed by atoms with Crippen molar-refractivity contribution in [3.8, 4) is 11.5 Å². The monoisotopic (exact) mass is 295 g/mol. The van der Waals surface area contributed by atoms with Crippen molar-refractivity contribution < 1.29 is 22.6 Å². The molecule has 1 N–H and O–H groups in total. The summed E-state index contributed by atoms with van der Waals surface area (Å²) in [5.41, 5.74) is 0. The van der Waals surface area contributed by atoms with E-state index in [9.17, 15) is 13.2 Å². The summed E-state index contributed by atoms with van der Waals surface area (Å²) in [4.78, 5) is 0. The van der Waals surface area contributed by atoms with Crippen molar-refractivity contribution in [2.45, 2.75) is 31.9 Å². The van der Waals surface area contributed by atoms with Crippen molar-refractivity contribution in [3.63, 3.8) is 0 Å². The number of nitrogens with one attached hydrogen (secondary N) is 1. The molecule has 0 radical (unpaired) electrons. The molecule has 1 unspecified atom stereocenters. The van der Waals surface area contributed by atoms with Gasteiger partial charge in [0.15, 0.2) is 0 Å². The van der Waals surface area contributed by atoms with Crippen LogP contribution in [0.2, 0.25) is 5.02 Å². The molecule has 2 rings (SSSR count). The first-order valence-corrected chi connectivity index (χ1v) is 6.26. The zero-order valence-electron chi connectivity index (χ0n) is 9.97. The van der Waals surface area contributed by atoms with E-state index >= 15 is 0 Å². The zero-order valence-corrected chi connectivity index (χ0v) is 10.7. The van der Waals surface area contributed by atoms with Crippen LogP contribution < -0.4 is 14.8 Å². The summed E-state index contributed by atoms with van der Waals surface area (Å²) in [6.45, 7) is 0.830. The maximum atomic E-state index is 12.1. The minimum atomic E-state index is -4.74. The van der Waals surface area contributed by atoms with E-state index in [2.05, 4.69) is 10.1 Å². The third-order valence-electron chi connectivity index (χ3n) is 2.62. The molecule has 0 aromatic heterocycles. The van der Waals surface area contributed by atoms with E-state index in [0.717, 1.165) is 31.9 Å². The van der Waals surface area contributed by atoms with Crippen LogP contribution in [0.1, 0.15) is 19.3 Å². The topological polar surface area (TPSA) is 30.5 Å². The minimum Gasteiger partial charge on any atom is -0.475 e. The van der Waals surface area contributed by atoms with Crippen LogP contribution in [0.15, 0.2) is 18.2 Å². The van der Waals surface area contributed by atoms with Crippen molar-refractivity contribution in [2.75, 3.05) is 6.54 Å². The fourth-order valence-corrected chi connectivity index (χ4v) is 2.10. The fraction of sp³-hybridized carbons (Fsp3) is 0.500. The Morgan fingerprint density at radius 3 is 2.53 bits per heavy atom. The fourth-order valence-electron chi connectivity index (χ4n) is 1.88. The van der Waals surface area contributed by atoms with Gasteiger partial charge in [-0.15, -0.1) is 13.2 Å². The number of ether oxygens (including phenoxy) is 2. The number of benzene rings is 1. The van der Waals surface area contributed by atoms with E-state index < -0.39 is 6.36 Å². The molecule has 0 aliphatic carbocycles. The molecule has 0 amide bonds. The number of rotatable bonds is 3. The highest BCUT2D eigenvalue weighted by Gasteiger charge is 2.31. The molecular formula is C12H13ClF3NO2. The molecule has 1 fully saturated rings. The van der Waals surface area contributed by atoms with E-state index in [0.29, 0.717) is 0 Å². The highest BCUT2D eigenvalue weighted by molar-refractivity contribution is 6.30. The van der Waals surface area contributed by atoms with Gasteiger partial charge in [0.25, 0.3) is 0 Å². The maximum absolute atomic E-state index is 12.1. The first-order valence-electron chi connectivity index (χ1n) is 5.89. The molecule has 3 nitrogen and oxygen atoms in total. The highest BCUT2D eigenvalue weighted by atomic mass is 35.5. The number of piperidine rings is 1. The molecule has 0 spiro atoms. The summed E-state index contributed by atoms with van der Waals surface area (Å²) in [6, 6.07) is 3.73.